The number of halogens is 3. The zero-order valence-electron chi connectivity index (χ0n) is 33.3. The molecule has 2 N–H and O–H groups in total. The summed E-state index contributed by atoms with van der Waals surface area (Å²) in [6.07, 6.45) is 7.10. The van der Waals surface area contributed by atoms with Crippen LogP contribution in [0.5, 0.6) is 0 Å². The minimum absolute atomic E-state index is 0.103. The molecule has 0 aromatic heterocycles. The Morgan fingerprint density at radius 2 is 1.36 bits per heavy atom. The highest BCUT2D eigenvalue weighted by atomic mass is 19.4. The fraction of sp³-hybridized carbons (Fsp3) is 0.362. The molecule has 2 saturated heterocycles. The maximum atomic E-state index is 13.7. The van der Waals surface area contributed by atoms with Gasteiger partial charge in [-0.1, -0.05) is 92.1 Å². The van der Waals surface area contributed by atoms with Gasteiger partial charge in [0.15, 0.2) is 0 Å². The third kappa shape index (κ3) is 14.0. The lowest BCUT2D eigenvalue weighted by Crippen LogP contribution is -2.38. The van der Waals surface area contributed by atoms with Crippen molar-refractivity contribution < 1.29 is 42.2 Å². The van der Waals surface area contributed by atoms with Crippen LogP contribution in [0.15, 0.2) is 109 Å². The van der Waals surface area contributed by atoms with Crippen molar-refractivity contribution in [2.75, 3.05) is 33.3 Å². The molecule has 12 heteroatoms. The number of carboxylic acid groups (broad SMARTS) is 1. The van der Waals surface area contributed by atoms with Gasteiger partial charge >= 0.3 is 18.1 Å². The molecule has 4 aromatic carbocycles. The largest absolute Gasteiger partial charge is 0.490 e. The summed E-state index contributed by atoms with van der Waals surface area (Å²) >= 11 is 0. The van der Waals surface area contributed by atoms with Gasteiger partial charge in [-0.25, -0.2) is 9.59 Å². The number of carbonyl (C=O) groups excluding carboxylic acids is 3. The lowest BCUT2D eigenvalue weighted by molar-refractivity contribution is -0.192. The van der Waals surface area contributed by atoms with Crippen molar-refractivity contribution in [1.82, 2.24) is 15.1 Å². The molecule has 0 bridgehead atoms. The average molecular weight is 812 g/mol. The molecule has 0 atom stereocenters. The van der Waals surface area contributed by atoms with Crippen LogP contribution in [0.25, 0.3) is 17.2 Å². The minimum Gasteiger partial charge on any atom is -0.475 e. The molecule has 0 unspecified atom stereocenters. The van der Waals surface area contributed by atoms with E-state index in [0.717, 1.165) is 65.6 Å². The van der Waals surface area contributed by atoms with E-state index >= 15 is 0 Å². The Morgan fingerprint density at radius 1 is 0.763 bits per heavy atom. The third-order valence-electron chi connectivity index (χ3n) is 10.8. The first-order valence-electron chi connectivity index (χ1n) is 20.1. The number of nitrogens with one attached hydrogen (secondary N) is 1. The molecule has 0 radical (unpaired) electrons. The number of methoxy groups -OCH3 is 1. The Morgan fingerprint density at radius 3 is 1.98 bits per heavy atom. The lowest BCUT2D eigenvalue weighted by Gasteiger charge is -2.32. The molecular formula is C47H52F3N3O6. The van der Waals surface area contributed by atoms with Crippen LogP contribution in [0.3, 0.4) is 0 Å². The topological polar surface area (TPSA) is 116 Å². The molecule has 2 aliphatic rings. The van der Waals surface area contributed by atoms with Crippen LogP contribution < -0.4 is 5.32 Å². The quantitative estimate of drug-likeness (QED) is 0.102. The first-order valence-corrected chi connectivity index (χ1v) is 20.1. The van der Waals surface area contributed by atoms with Gasteiger partial charge in [-0.05, 0) is 115 Å². The van der Waals surface area contributed by atoms with E-state index in [2.05, 4.69) is 17.4 Å². The molecule has 0 aliphatic carbocycles. The van der Waals surface area contributed by atoms with Gasteiger partial charge in [0.05, 0.1) is 12.7 Å². The number of amides is 2. The predicted octanol–water partition coefficient (Wildman–Crippen LogP) is 9.04. The molecule has 2 fully saturated rings. The molecule has 2 amide bonds. The number of nitrogens with zero attached hydrogens (tertiary/aromatic N) is 2. The third-order valence-corrected chi connectivity index (χ3v) is 10.8. The Labute approximate surface area is 343 Å². The number of alkyl halides is 3. The summed E-state index contributed by atoms with van der Waals surface area (Å²) in [4.78, 5) is 52.0. The van der Waals surface area contributed by atoms with Gasteiger partial charge in [-0.15, -0.1) is 0 Å². The summed E-state index contributed by atoms with van der Waals surface area (Å²) in [5, 5.41) is 10.6. The molecule has 9 nitrogen and oxygen atoms in total. The predicted molar refractivity (Wildman–Crippen MR) is 221 cm³/mol. The second-order valence-electron chi connectivity index (χ2n) is 15.1. The Kier molecular flexibility index (Phi) is 16.4. The van der Waals surface area contributed by atoms with E-state index in [1.54, 1.807) is 23.1 Å². The summed E-state index contributed by atoms with van der Waals surface area (Å²) in [5.74, 6) is -1.56. The molecule has 0 saturated carbocycles. The monoisotopic (exact) mass is 811 g/mol. The van der Waals surface area contributed by atoms with Gasteiger partial charge in [0.1, 0.15) is 0 Å². The molecule has 6 rings (SSSR count). The van der Waals surface area contributed by atoms with Gasteiger partial charge in [0.25, 0.3) is 5.91 Å². The van der Waals surface area contributed by atoms with Crippen molar-refractivity contribution in [3.05, 3.63) is 137 Å². The molecular weight excluding hydrogens is 760 g/mol. The highest BCUT2D eigenvalue weighted by Crippen LogP contribution is 2.28. The molecule has 4 aromatic rings. The maximum Gasteiger partial charge on any atom is 0.490 e. The summed E-state index contributed by atoms with van der Waals surface area (Å²) in [6, 6.07) is 33.0. The number of hydrogen-bond acceptors (Lipinski definition) is 6. The van der Waals surface area contributed by atoms with E-state index in [-0.39, 0.29) is 11.8 Å². The van der Waals surface area contributed by atoms with Gasteiger partial charge < -0.3 is 25.0 Å². The molecule has 59 heavy (non-hydrogen) atoms. The summed E-state index contributed by atoms with van der Waals surface area (Å²) in [6.45, 7) is 4.73. The fourth-order valence-electron chi connectivity index (χ4n) is 7.51. The lowest BCUT2D eigenvalue weighted by atomic mass is 9.87. The van der Waals surface area contributed by atoms with Crippen LogP contribution in [0.2, 0.25) is 0 Å². The van der Waals surface area contributed by atoms with Crippen molar-refractivity contribution in [3.8, 4) is 11.1 Å². The van der Waals surface area contributed by atoms with Crippen LogP contribution in [-0.4, -0.2) is 78.1 Å². The Hall–Kier alpha value is -5.75. The SMILES string of the molecule is COC(=O)c1ccc(CN(Cc2cccc(-c3cccc(C(=O)N4CCC(CCCC5CCNCC5)CC4)c3)c2)C(=O)C=Cc2ccccc2)cc1.O=C(O)C(F)(F)F. The van der Waals surface area contributed by atoms with Crippen LogP contribution in [0, 0.1) is 11.8 Å². The van der Waals surface area contributed by atoms with Crippen molar-refractivity contribution >= 4 is 29.8 Å². The number of rotatable bonds is 13. The number of likely N-dealkylation sites (tertiary alicyclic amines) is 1. The second-order valence-corrected chi connectivity index (χ2v) is 15.1. The van der Waals surface area contributed by atoms with Crippen LogP contribution >= 0.6 is 0 Å². The number of benzene rings is 4. The highest BCUT2D eigenvalue weighted by molar-refractivity contribution is 5.95. The number of ether oxygens (including phenoxy) is 1. The van der Waals surface area contributed by atoms with Crippen LogP contribution in [0.1, 0.15) is 82.4 Å². The van der Waals surface area contributed by atoms with E-state index in [4.69, 9.17) is 14.6 Å². The van der Waals surface area contributed by atoms with Crippen molar-refractivity contribution in [1.29, 1.82) is 0 Å². The zero-order valence-corrected chi connectivity index (χ0v) is 33.3. The van der Waals surface area contributed by atoms with Gasteiger partial charge in [-0.3, -0.25) is 9.59 Å². The first-order chi connectivity index (χ1) is 28.4. The van der Waals surface area contributed by atoms with Gasteiger partial charge in [-0.2, -0.15) is 13.2 Å². The minimum atomic E-state index is -5.08. The molecule has 0 spiro atoms. The molecule has 2 aliphatic heterocycles. The number of esters is 1. The maximum absolute atomic E-state index is 13.7. The van der Waals surface area contributed by atoms with E-state index in [9.17, 15) is 27.6 Å². The highest BCUT2D eigenvalue weighted by Gasteiger charge is 2.38. The summed E-state index contributed by atoms with van der Waals surface area (Å²) in [5.41, 5.74) is 5.97. The number of piperidine rings is 2. The summed E-state index contributed by atoms with van der Waals surface area (Å²) in [7, 11) is 1.36. The average Bonchev–Trinajstić information content (AvgIpc) is 3.26. The number of carbonyl (C=O) groups is 4. The van der Waals surface area contributed by atoms with Crippen LogP contribution in [-0.2, 0) is 27.4 Å². The Bertz CT molecular complexity index is 2020. The smallest absolute Gasteiger partial charge is 0.475 e. The van der Waals surface area contributed by atoms with Crippen LogP contribution in [0.4, 0.5) is 13.2 Å². The van der Waals surface area contributed by atoms with Gasteiger partial charge in [0, 0.05) is 37.8 Å². The van der Waals surface area contributed by atoms with Crippen molar-refractivity contribution in [2.24, 2.45) is 11.8 Å². The van der Waals surface area contributed by atoms with E-state index in [1.165, 1.54) is 52.3 Å². The van der Waals surface area contributed by atoms with Crippen molar-refractivity contribution in [2.45, 2.75) is 64.2 Å². The fourth-order valence-corrected chi connectivity index (χ4v) is 7.51. The van der Waals surface area contributed by atoms with E-state index in [1.807, 2.05) is 89.8 Å². The zero-order chi connectivity index (χ0) is 42.2. The summed E-state index contributed by atoms with van der Waals surface area (Å²) < 4.78 is 36.6. The number of hydrogen-bond donors (Lipinski definition) is 2. The number of aliphatic carboxylic acids is 1. The first kappa shape index (κ1) is 44.4. The second kappa shape index (κ2) is 21.9. The molecule has 2 heterocycles. The Balaban J connectivity index is 0.000000867. The van der Waals surface area contributed by atoms with Crippen molar-refractivity contribution in [3.63, 3.8) is 0 Å². The van der Waals surface area contributed by atoms with E-state index in [0.29, 0.717) is 24.2 Å². The standard InChI is InChI=1S/C45H51N3O4.C2HF3O2/c1-52-45(51)39-19-16-37(17-20-39)32-48(43(49)21-18-34-8-3-2-4-9-34)33-38-12-6-13-40(30-38)41-14-7-15-42(31-41)44(50)47-28-24-36(25-29-47)11-5-10-35-22-26-46-27-23-35;3-2(4,5)1(6)7/h2-4,6-9,12-21,30-31,35-36,46H,5,10-11,22-29,32-33H2,1H3;(H,6,7). The normalized spacial score (nSPS) is 14.9. The number of carboxylic acids is 1. The van der Waals surface area contributed by atoms with E-state index < -0.39 is 18.1 Å². The molecule has 312 valence electrons. The van der Waals surface area contributed by atoms with Gasteiger partial charge in [0.2, 0.25) is 5.91 Å².